The summed E-state index contributed by atoms with van der Waals surface area (Å²) in [5.41, 5.74) is 1.50. The highest BCUT2D eigenvalue weighted by Gasteiger charge is 2.10. The van der Waals surface area contributed by atoms with E-state index in [-0.39, 0.29) is 18.1 Å². The summed E-state index contributed by atoms with van der Waals surface area (Å²) >= 11 is 0. The Hall–Kier alpha value is -3.81. The minimum Gasteiger partial charge on any atom is -0.465 e. The second-order valence-corrected chi connectivity index (χ2v) is 5.75. The van der Waals surface area contributed by atoms with Gasteiger partial charge in [0.2, 0.25) is 0 Å². The van der Waals surface area contributed by atoms with Gasteiger partial charge in [-0.05, 0) is 30.3 Å². The maximum atomic E-state index is 13.6. The number of nitrogens with zero attached hydrogens (tertiary/aromatic N) is 2. The van der Waals surface area contributed by atoms with Crippen molar-refractivity contribution in [2.45, 2.75) is 6.54 Å². The minimum absolute atomic E-state index is 0.119. The first-order chi connectivity index (χ1) is 13.6. The lowest BCUT2D eigenvalue weighted by molar-refractivity contribution is 0.0600. The Morgan fingerprint density at radius 3 is 2.43 bits per heavy atom. The molecule has 2 N–H and O–H groups in total. The molecule has 2 aromatic carbocycles. The average molecular weight is 380 g/mol. The Morgan fingerprint density at radius 2 is 1.79 bits per heavy atom. The highest BCUT2D eigenvalue weighted by molar-refractivity contribution is 6.03. The van der Waals surface area contributed by atoms with Crippen LogP contribution in [-0.2, 0) is 11.3 Å². The Balaban J connectivity index is 1.59. The molecule has 3 aromatic rings. The van der Waals surface area contributed by atoms with Crippen LogP contribution in [0.25, 0.3) is 0 Å². The van der Waals surface area contributed by atoms with Crippen molar-refractivity contribution in [3.63, 3.8) is 0 Å². The van der Waals surface area contributed by atoms with E-state index >= 15 is 0 Å². The standard InChI is InChI=1S/C20H17FN4O3/c1-28-20(27)13-6-8-15(9-7-13)25-19(26)17-11-24-18(12-22-17)23-10-14-4-2-3-5-16(14)21/h2-9,11-12H,10H2,1H3,(H,23,24)(H,25,26). The fraction of sp³-hybridized carbons (Fsp3) is 0.100. The molecule has 7 nitrogen and oxygen atoms in total. The van der Waals surface area contributed by atoms with Crippen LogP contribution in [0.1, 0.15) is 26.4 Å². The highest BCUT2D eigenvalue weighted by atomic mass is 19.1. The first-order valence-electron chi connectivity index (χ1n) is 8.36. The van der Waals surface area contributed by atoms with E-state index in [9.17, 15) is 14.0 Å². The maximum Gasteiger partial charge on any atom is 0.337 e. The molecule has 1 heterocycles. The summed E-state index contributed by atoms with van der Waals surface area (Å²) in [6.07, 6.45) is 2.72. The molecule has 0 radical (unpaired) electrons. The number of hydrogen-bond donors (Lipinski definition) is 2. The predicted molar refractivity (Wildman–Crippen MR) is 101 cm³/mol. The van der Waals surface area contributed by atoms with Crippen molar-refractivity contribution in [3.05, 3.63) is 83.6 Å². The molecule has 8 heteroatoms. The van der Waals surface area contributed by atoms with E-state index in [2.05, 4.69) is 25.3 Å². The first-order valence-corrected chi connectivity index (χ1v) is 8.36. The van der Waals surface area contributed by atoms with Gasteiger partial charge in [-0.3, -0.25) is 4.79 Å². The summed E-state index contributed by atoms with van der Waals surface area (Å²) in [5.74, 6) is -0.791. The molecule has 0 saturated heterocycles. The number of carbonyl (C=O) groups is 2. The van der Waals surface area contributed by atoms with E-state index in [1.165, 1.54) is 25.6 Å². The molecule has 1 aromatic heterocycles. The van der Waals surface area contributed by atoms with Crippen molar-refractivity contribution in [1.82, 2.24) is 9.97 Å². The van der Waals surface area contributed by atoms with E-state index in [0.717, 1.165) is 0 Å². The van der Waals surface area contributed by atoms with Crippen LogP contribution in [0.5, 0.6) is 0 Å². The lowest BCUT2D eigenvalue weighted by atomic mass is 10.2. The van der Waals surface area contributed by atoms with Gasteiger partial charge in [-0.2, -0.15) is 0 Å². The number of ether oxygens (including phenoxy) is 1. The van der Waals surface area contributed by atoms with Gasteiger partial charge in [-0.1, -0.05) is 18.2 Å². The van der Waals surface area contributed by atoms with Crippen molar-refractivity contribution in [2.24, 2.45) is 0 Å². The third-order valence-electron chi connectivity index (χ3n) is 3.87. The van der Waals surface area contributed by atoms with Crippen molar-refractivity contribution in [2.75, 3.05) is 17.7 Å². The molecule has 0 saturated carbocycles. The molecule has 0 unspecified atom stereocenters. The van der Waals surface area contributed by atoms with Gasteiger partial charge in [-0.15, -0.1) is 0 Å². The molecule has 0 fully saturated rings. The Kier molecular flexibility index (Phi) is 5.91. The SMILES string of the molecule is COC(=O)c1ccc(NC(=O)c2cnc(NCc3ccccc3F)cn2)cc1. The van der Waals surface area contributed by atoms with Crippen molar-refractivity contribution in [1.29, 1.82) is 0 Å². The molecular formula is C20H17FN4O3. The van der Waals surface area contributed by atoms with Crippen LogP contribution in [0.3, 0.4) is 0 Å². The summed E-state index contributed by atoms with van der Waals surface area (Å²) in [6, 6.07) is 12.7. The van der Waals surface area contributed by atoms with Gasteiger partial charge >= 0.3 is 5.97 Å². The van der Waals surface area contributed by atoms with Gasteiger partial charge < -0.3 is 15.4 Å². The molecule has 0 spiro atoms. The van der Waals surface area contributed by atoms with E-state index < -0.39 is 11.9 Å². The second-order valence-electron chi connectivity index (χ2n) is 5.75. The number of amides is 1. The molecule has 142 valence electrons. The van der Waals surface area contributed by atoms with Crippen molar-refractivity contribution < 1.29 is 18.7 Å². The normalized spacial score (nSPS) is 10.2. The lowest BCUT2D eigenvalue weighted by Crippen LogP contribution is -2.14. The number of carbonyl (C=O) groups excluding carboxylic acids is 2. The number of anilines is 2. The lowest BCUT2D eigenvalue weighted by Gasteiger charge is -2.08. The number of methoxy groups -OCH3 is 1. The molecule has 1 amide bonds. The average Bonchev–Trinajstić information content (AvgIpc) is 2.73. The molecule has 0 atom stereocenters. The molecular weight excluding hydrogens is 363 g/mol. The van der Waals surface area contributed by atoms with Gasteiger partial charge in [0.05, 0.1) is 25.1 Å². The van der Waals surface area contributed by atoms with Crippen molar-refractivity contribution >= 4 is 23.4 Å². The van der Waals surface area contributed by atoms with Crippen LogP contribution in [0.15, 0.2) is 60.9 Å². The number of hydrogen-bond acceptors (Lipinski definition) is 6. The number of aromatic nitrogens is 2. The third kappa shape index (κ3) is 4.67. The Bertz CT molecular complexity index is 976. The zero-order chi connectivity index (χ0) is 19.9. The maximum absolute atomic E-state index is 13.6. The Labute approximate surface area is 160 Å². The van der Waals surface area contributed by atoms with Crippen LogP contribution in [-0.4, -0.2) is 29.0 Å². The molecule has 0 aliphatic rings. The van der Waals surface area contributed by atoms with E-state index in [1.54, 1.807) is 42.5 Å². The number of benzene rings is 2. The number of nitrogens with one attached hydrogen (secondary N) is 2. The fourth-order valence-corrected chi connectivity index (χ4v) is 2.37. The smallest absolute Gasteiger partial charge is 0.337 e. The topological polar surface area (TPSA) is 93.2 Å². The Morgan fingerprint density at radius 1 is 1.04 bits per heavy atom. The van der Waals surface area contributed by atoms with Gasteiger partial charge in [0.15, 0.2) is 0 Å². The molecule has 0 bridgehead atoms. The third-order valence-corrected chi connectivity index (χ3v) is 3.87. The molecule has 28 heavy (non-hydrogen) atoms. The zero-order valence-corrected chi connectivity index (χ0v) is 15.0. The van der Waals surface area contributed by atoms with E-state index in [1.807, 2.05) is 0 Å². The molecule has 3 rings (SSSR count). The monoisotopic (exact) mass is 380 g/mol. The quantitative estimate of drug-likeness (QED) is 0.638. The second kappa shape index (κ2) is 8.72. The number of halogens is 1. The zero-order valence-electron chi connectivity index (χ0n) is 15.0. The minimum atomic E-state index is -0.456. The van der Waals surface area contributed by atoms with Gasteiger partial charge in [-0.25, -0.2) is 19.2 Å². The van der Waals surface area contributed by atoms with Crippen LogP contribution in [0.2, 0.25) is 0 Å². The van der Waals surface area contributed by atoms with Crippen LogP contribution >= 0.6 is 0 Å². The predicted octanol–water partition coefficient (Wildman–Crippen LogP) is 3.27. The van der Waals surface area contributed by atoms with Crippen LogP contribution in [0.4, 0.5) is 15.9 Å². The van der Waals surface area contributed by atoms with Crippen LogP contribution in [0, 0.1) is 5.82 Å². The largest absolute Gasteiger partial charge is 0.465 e. The van der Waals surface area contributed by atoms with Gasteiger partial charge in [0, 0.05) is 17.8 Å². The summed E-state index contributed by atoms with van der Waals surface area (Å²) < 4.78 is 18.2. The highest BCUT2D eigenvalue weighted by Crippen LogP contribution is 2.13. The summed E-state index contributed by atoms with van der Waals surface area (Å²) in [6.45, 7) is 0.249. The molecule has 0 aliphatic carbocycles. The van der Waals surface area contributed by atoms with Crippen molar-refractivity contribution in [3.8, 4) is 0 Å². The van der Waals surface area contributed by atoms with Gasteiger partial charge in [0.25, 0.3) is 5.91 Å². The fourth-order valence-electron chi connectivity index (χ4n) is 2.37. The number of rotatable bonds is 6. The van der Waals surface area contributed by atoms with Gasteiger partial charge in [0.1, 0.15) is 17.3 Å². The first kappa shape index (κ1) is 19.0. The summed E-state index contributed by atoms with van der Waals surface area (Å²) in [5, 5.41) is 5.61. The molecule has 0 aliphatic heterocycles. The summed E-state index contributed by atoms with van der Waals surface area (Å²) in [4.78, 5) is 31.8. The number of esters is 1. The van der Waals surface area contributed by atoms with E-state index in [0.29, 0.717) is 22.6 Å². The van der Waals surface area contributed by atoms with Crippen LogP contribution < -0.4 is 10.6 Å². The summed E-state index contributed by atoms with van der Waals surface area (Å²) in [7, 11) is 1.30. The van der Waals surface area contributed by atoms with E-state index in [4.69, 9.17) is 0 Å².